The van der Waals surface area contributed by atoms with Gasteiger partial charge in [-0.15, -0.1) is 0 Å². The molecule has 1 heterocycles. The Morgan fingerprint density at radius 2 is 2.18 bits per heavy atom. The van der Waals surface area contributed by atoms with Crippen LogP contribution in [0.1, 0.15) is 13.3 Å². The Labute approximate surface area is 66.5 Å². The summed E-state index contributed by atoms with van der Waals surface area (Å²) < 4.78 is 0. The van der Waals surface area contributed by atoms with E-state index in [2.05, 4.69) is 6.92 Å². The number of carbonyl (C=O) groups excluding carboxylic acids is 1. The van der Waals surface area contributed by atoms with Gasteiger partial charge in [-0.2, -0.15) is 0 Å². The monoisotopic (exact) mass is 157 g/mol. The lowest BCUT2D eigenvalue weighted by Crippen LogP contribution is -2.50. The first-order chi connectivity index (χ1) is 5.09. The molecular formula is C7H15N3O. The van der Waals surface area contributed by atoms with Gasteiger partial charge in [-0.1, -0.05) is 6.92 Å². The molecule has 4 nitrogen and oxygen atoms in total. The Morgan fingerprint density at radius 1 is 1.55 bits per heavy atom. The Kier molecular flexibility index (Phi) is 2.34. The van der Waals surface area contributed by atoms with E-state index in [1.54, 1.807) is 4.90 Å². The molecule has 64 valence electrons. The SMILES string of the molecule is CC1CC(N)CN(C(N)=O)C1. The van der Waals surface area contributed by atoms with E-state index in [-0.39, 0.29) is 12.1 Å². The summed E-state index contributed by atoms with van der Waals surface area (Å²) in [7, 11) is 0. The van der Waals surface area contributed by atoms with E-state index < -0.39 is 0 Å². The van der Waals surface area contributed by atoms with Crippen LogP contribution in [-0.2, 0) is 0 Å². The number of amides is 2. The fourth-order valence-electron chi connectivity index (χ4n) is 1.58. The third kappa shape index (κ3) is 2.08. The van der Waals surface area contributed by atoms with Gasteiger partial charge in [0.25, 0.3) is 0 Å². The summed E-state index contributed by atoms with van der Waals surface area (Å²) in [5.74, 6) is 0.478. The molecule has 0 aromatic rings. The van der Waals surface area contributed by atoms with Crippen LogP contribution in [0.4, 0.5) is 4.79 Å². The molecule has 1 saturated heterocycles. The van der Waals surface area contributed by atoms with Crippen LogP contribution in [0.15, 0.2) is 0 Å². The fourth-order valence-corrected chi connectivity index (χ4v) is 1.58. The van der Waals surface area contributed by atoms with Crippen LogP contribution in [0.2, 0.25) is 0 Å². The standard InChI is InChI=1S/C7H15N3O/c1-5-2-6(8)4-10(3-5)7(9)11/h5-6H,2-4,8H2,1H3,(H2,9,11). The van der Waals surface area contributed by atoms with Gasteiger partial charge in [-0.25, -0.2) is 4.79 Å². The van der Waals surface area contributed by atoms with Crippen LogP contribution in [0.3, 0.4) is 0 Å². The van der Waals surface area contributed by atoms with E-state index in [1.807, 2.05) is 0 Å². The number of likely N-dealkylation sites (tertiary alicyclic amines) is 1. The van der Waals surface area contributed by atoms with Gasteiger partial charge in [0.2, 0.25) is 0 Å². The highest BCUT2D eigenvalue weighted by Crippen LogP contribution is 2.13. The van der Waals surface area contributed by atoms with Crippen LogP contribution in [0.25, 0.3) is 0 Å². The minimum absolute atomic E-state index is 0.103. The number of carbonyl (C=O) groups is 1. The minimum atomic E-state index is -0.355. The summed E-state index contributed by atoms with van der Waals surface area (Å²) >= 11 is 0. The molecule has 1 aliphatic rings. The predicted molar refractivity (Wildman–Crippen MR) is 42.9 cm³/mol. The normalized spacial score (nSPS) is 32.0. The van der Waals surface area contributed by atoms with Crippen molar-refractivity contribution in [2.45, 2.75) is 19.4 Å². The Morgan fingerprint density at radius 3 is 2.64 bits per heavy atom. The number of nitrogens with two attached hydrogens (primary N) is 2. The van der Waals surface area contributed by atoms with E-state index in [9.17, 15) is 4.79 Å². The number of hydrogen-bond acceptors (Lipinski definition) is 2. The lowest BCUT2D eigenvalue weighted by atomic mass is 9.97. The third-order valence-corrected chi connectivity index (χ3v) is 2.00. The van der Waals surface area contributed by atoms with Gasteiger partial charge >= 0.3 is 6.03 Å². The Hall–Kier alpha value is -0.770. The van der Waals surface area contributed by atoms with Gasteiger partial charge in [0.05, 0.1) is 0 Å². The van der Waals surface area contributed by atoms with Crippen LogP contribution in [0, 0.1) is 5.92 Å². The molecule has 0 spiro atoms. The fraction of sp³-hybridized carbons (Fsp3) is 0.857. The molecule has 0 aromatic heterocycles. The van der Waals surface area contributed by atoms with Crippen molar-refractivity contribution in [1.29, 1.82) is 0 Å². The van der Waals surface area contributed by atoms with Gasteiger partial charge in [-0.05, 0) is 12.3 Å². The highest BCUT2D eigenvalue weighted by Gasteiger charge is 2.23. The summed E-state index contributed by atoms with van der Waals surface area (Å²) in [6.07, 6.45) is 0.990. The summed E-state index contributed by atoms with van der Waals surface area (Å²) in [5, 5.41) is 0. The van der Waals surface area contributed by atoms with Crippen molar-refractivity contribution in [2.75, 3.05) is 13.1 Å². The van der Waals surface area contributed by atoms with Gasteiger partial charge in [-0.3, -0.25) is 0 Å². The highest BCUT2D eigenvalue weighted by molar-refractivity contribution is 5.72. The van der Waals surface area contributed by atoms with E-state index in [0.29, 0.717) is 12.5 Å². The first-order valence-electron chi connectivity index (χ1n) is 3.89. The van der Waals surface area contributed by atoms with Crippen molar-refractivity contribution in [3.63, 3.8) is 0 Å². The van der Waals surface area contributed by atoms with Crippen LogP contribution in [0.5, 0.6) is 0 Å². The van der Waals surface area contributed by atoms with Gasteiger partial charge in [0.15, 0.2) is 0 Å². The number of primary amides is 1. The van der Waals surface area contributed by atoms with Crippen molar-refractivity contribution in [1.82, 2.24) is 4.90 Å². The average molecular weight is 157 g/mol. The predicted octanol–water partition coefficient (Wildman–Crippen LogP) is -0.266. The highest BCUT2D eigenvalue weighted by atomic mass is 16.2. The number of urea groups is 1. The Balaban J connectivity index is 2.49. The zero-order valence-electron chi connectivity index (χ0n) is 6.79. The molecule has 0 saturated carbocycles. The maximum atomic E-state index is 10.7. The zero-order chi connectivity index (χ0) is 8.43. The van der Waals surface area contributed by atoms with Crippen LogP contribution < -0.4 is 11.5 Å². The molecule has 0 radical (unpaired) electrons. The van der Waals surface area contributed by atoms with Crippen molar-refractivity contribution in [3.05, 3.63) is 0 Å². The topological polar surface area (TPSA) is 72.3 Å². The molecule has 1 rings (SSSR count). The molecule has 0 aliphatic carbocycles. The molecule has 1 aliphatic heterocycles. The number of nitrogens with zero attached hydrogens (tertiary/aromatic N) is 1. The molecule has 0 aromatic carbocycles. The summed E-state index contributed by atoms with van der Waals surface area (Å²) in [6, 6.07) is -0.252. The first kappa shape index (κ1) is 8.33. The minimum Gasteiger partial charge on any atom is -0.351 e. The summed E-state index contributed by atoms with van der Waals surface area (Å²) in [4.78, 5) is 12.3. The lowest BCUT2D eigenvalue weighted by Gasteiger charge is -2.33. The van der Waals surface area contributed by atoms with Crippen LogP contribution >= 0.6 is 0 Å². The zero-order valence-corrected chi connectivity index (χ0v) is 6.79. The van der Waals surface area contributed by atoms with E-state index in [1.165, 1.54) is 0 Å². The second-order valence-corrected chi connectivity index (χ2v) is 3.34. The molecule has 1 fully saturated rings. The van der Waals surface area contributed by atoms with Crippen molar-refractivity contribution >= 4 is 6.03 Å². The largest absolute Gasteiger partial charge is 0.351 e. The molecule has 4 N–H and O–H groups in total. The van der Waals surface area contributed by atoms with E-state index >= 15 is 0 Å². The number of hydrogen-bond donors (Lipinski definition) is 2. The number of rotatable bonds is 0. The molecule has 0 bridgehead atoms. The second-order valence-electron chi connectivity index (χ2n) is 3.34. The van der Waals surface area contributed by atoms with Crippen LogP contribution in [-0.4, -0.2) is 30.1 Å². The Bertz CT molecular complexity index is 150. The number of piperidine rings is 1. The maximum absolute atomic E-state index is 10.7. The molecule has 2 atom stereocenters. The summed E-state index contributed by atoms with van der Waals surface area (Å²) in [6.45, 7) is 3.44. The summed E-state index contributed by atoms with van der Waals surface area (Å²) in [5.41, 5.74) is 10.8. The smallest absolute Gasteiger partial charge is 0.314 e. The quantitative estimate of drug-likeness (QED) is 0.508. The van der Waals surface area contributed by atoms with Gasteiger partial charge in [0, 0.05) is 19.1 Å². The van der Waals surface area contributed by atoms with Crippen molar-refractivity contribution in [2.24, 2.45) is 17.4 Å². The molecule has 2 amide bonds. The molecule has 4 heteroatoms. The molecular weight excluding hydrogens is 142 g/mol. The second kappa shape index (κ2) is 3.09. The molecule has 2 unspecified atom stereocenters. The lowest BCUT2D eigenvalue weighted by molar-refractivity contribution is 0.168. The van der Waals surface area contributed by atoms with Crippen molar-refractivity contribution < 1.29 is 4.79 Å². The van der Waals surface area contributed by atoms with Gasteiger partial charge in [0.1, 0.15) is 0 Å². The first-order valence-corrected chi connectivity index (χ1v) is 3.89. The van der Waals surface area contributed by atoms with Crippen molar-refractivity contribution in [3.8, 4) is 0 Å². The third-order valence-electron chi connectivity index (χ3n) is 2.00. The van der Waals surface area contributed by atoms with E-state index in [0.717, 1.165) is 13.0 Å². The van der Waals surface area contributed by atoms with E-state index in [4.69, 9.17) is 11.5 Å². The maximum Gasteiger partial charge on any atom is 0.314 e. The molecule has 11 heavy (non-hydrogen) atoms. The average Bonchev–Trinajstić information content (AvgIpc) is 1.85. The van der Waals surface area contributed by atoms with Gasteiger partial charge < -0.3 is 16.4 Å².